The van der Waals surface area contributed by atoms with Crippen LogP contribution in [0.5, 0.6) is 11.5 Å². The minimum atomic E-state index is -0.819. The molecule has 108 valence electrons. The van der Waals surface area contributed by atoms with Crippen LogP contribution in [0.3, 0.4) is 0 Å². The highest BCUT2D eigenvalue weighted by molar-refractivity contribution is 5.97. The van der Waals surface area contributed by atoms with Crippen LogP contribution in [-0.4, -0.2) is 45.2 Å². The number of nitrogens with zero attached hydrogens (tertiary/aromatic N) is 1. The molecule has 0 atom stereocenters. The summed E-state index contributed by atoms with van der Waals surface area (Å²) in [7, 11) is 0. The molecule has 1 aliphatic heterocycles. The molecule has 1 aromatic carbocycles. The van der Waals surface area contributed by atoms with Crippen LogP contribution in [-0.2, 0) is 4.79 Å². The van der Waals surface area contributed by atoms with Gasteiger partial charge in [-0.3, -0.25) is 9.59 Å². The zero-order valence-electron chi connectivity index (χ0n) is 11.0. The van der Waals surface area contributed by atoms with E-state index in [0.717, 1.165) is 0 Å². The maximum atomic E-state index is 12.2. The summed E-state index contributed by atoms with van der Waals surface area (Å²) >= 11 is 0. The summed E-state index contributed by atoms with van der Waals surface area (Å²) < 4.78 is 0. The van der Waals surface area contributed by atoms with Crippen LogP contribution >= 0.6 is 0 Å². The van der Waals surface area contributed by atoms with Gasteiger partial charge in [0.15, 0.2) is 11.5 Å². The molecule has 1 saturated heterocycles. The molecule has 6 nitrogen and oxygen atoms in total. The van der Waals surface area contributed by atoms with Crippen LogP contribution < -0.4 is 0 Å². The largest absolute Gasteiger partial charge is 0.504 e. The topological polar surface area (TPSA) is 98.1 Å². The molecule has 0 unspecified atom stereocenters. The fraction of sp³-hybridized carbons (Fsp3) is 0.429. The average molecular weight is 279 g/mol. The summed E-state index contributed by atoms with van der Waals surface area (Å²) in [6, 6.07) is 4.27. The van der Waals surface area contributed by atoms with Crippen LogP contribution in [0.4, 0.5) is 0 Å². The van der Waals surface area contributed by atoms with E-state index in [2.05, 4.69) is 0 Å². The smallest absolute Gasteiger partial charge is 0.303 e. The molecule has 0 radical (unpaired) electrons. The Kier molecular flexibility index (Phi) is 4.12. The molecule has 0 aliphatic carbocycles. The van der Waals surface area contributed by atoms with Crippen LogP contribution in [0.25, 0.3) is 0 Å². The number of carbonyl (C=O) groups is 2. The van der Waals surface area contributed by atoms with E-state index in [0.29, 0.717) is 25.9 Å². The number of aliphatic carboxylic acids is 1. The molecule has 2 rings (SSSR count). The second-order valence-electron chi connectivity index (χ2n) is 5.01. The zero-order valence-corrected chi connectivity index (χ0v) is 11.0. The van der Waals surface area contributed by atoms with Crippen molar-refractivity contribution in [1.29, 1.82) is 0 Å². The number of benzene rings is 1. The highest BCUT2D eigenvalue weighted by Crippen LogP contribution is 2.30. The van der Waals surface area contributed by atoms with Gasteiger partial charge in [0.05, 0.1) is 5.56 Å². The number of rotatable bonds is 3. The first-order chi connectivity index (χ1) is 9.49. The van der Waals surface area contributed by atoms with Gasteiger partial charge >= 0.3 is 5.97 Å². The first-order valence-corrected chi connectivity index (χ1v) is 6.51. The number of carboxylic acid groups (broad SMARTS) is 1. The van der Waals surface area contributed by atoms with Crippen LogP contribution in [0.1, 0.15) is 29.6 Å². The normalized spacial score (nSPS) is 16.1. The van der Waals surface area contributed by atoms with Gasteiger partial charge in [0.2, 0.25) is 0 Å². The lowest BCUT2D eigenvalue weighted by molar-refractivity contribution is -0.138. The van der Waals surface area contributed by atoms with Gasteiger partial charge in [0.1, 0.15) is 0 Å². The molecule has 1 amide bonds. The molecule has 0 aromatic heterocycles. The molecule has 3 N–H and O–H groups in total. The second-order valence-corrected chi connectivity index (χ2v) is 5.01. The summed E-state index contributed by atoms with van der Waals surface area (Å²) in [6.45, 7) is 0.928. The molecule has 0 bridgehead atoms. The van der Waals surface area contributed by atoms with Crippen molar-refractivity contribution < 1.29 is 24.9 Å². The number of amides is 1. The van der Waals surface area contributed by atoms with Crippen molar-refractivity contribution in [3.8, 4) is 11.5 Å². The van der Waals surface area contributed by atoms with E-state index in [1.165, 1.54) is 18.2 Å². The number of hydrogen-bond donors (Lipinski definition) is 3. The molecule has 20 heavy (non-hydrogen) atoms. The molecular formula is C14H17NO5. The van der Waals surface area contributed by atoms with Gasteiger partial charge in [-0.05, 0) is 30.9 Å². The Labute approximate surface area is 116 Å². The number of para-hydroxylation sites is 1. The third kappa shape index (κ3) is 3.01. The number of phenols is 2. The highest BCUT2D eigenvalue weighted by atomic mass is 16.4. The number of phenolic OH excluding ortho intramolecular Hbond substituents is 2. The summed E-state index contributed by atoms with van der Waals surface area (Å²) in [5, 5.41) is 27.8. The number of carboxylic acids is 1. The van der Waals surface area contributed by atoms with Crippen LogP contribution in [0, 0.1) is 5.92 Å². The van der Waals surface area contributed by atoms with E-state index < -0.39 is 11.7 Å². The van der Waals surface area contributed by atoms with Crippen molar-refractivity contribution in [1.82, 2.24) is 4.90 Å². The predicted octanol–water partition coefficient (Wildman–Crippen LogP) is 1.42. The maximum Gasteiger partial charge on any atom is 0.303 e. The van der Waals surface area contributed by atoms with Crippen LogP contribution in [0.2, 0.25) is 0 Å². The first-order valence-electron chi connectivity index (χ1n) is 6.51. The molecule has 1 heterocycles. The van der Waals surface area contributed by atoms with Gasteiger partial charge in [-0.1, -0.05) is 6.07 Å². The average Bonchev–Trinajstić information content (AvgIpc) is 2.41. The summed E-state index contributed by atoms with van der Waals surface area (Å²) in [5.41, 5.74) is 0.0710. The van der Waals surface area contributed by atoms with Crippen LogP contribution in [0.15, 0.2) is 18.2 Å². The Hall–Kier alpha value is -2.24. The fourth-order valence-corrected chi connectivity index (χ4v) is 2.46. The number of hydrogen-bond acceptors (Lipinski definition) is 4. The summed E-state index contributed by atoms with van der Waals surface area (Å²) in [6.07, 6.45) is 1.40. The molecule has 1 fully saturated rings. The van der Waals surface area contributed by atoms with E-state index in [9.17, 15) is 19.8 Å². The zero-order chi connectivity index (χ0) is 14.7. The van der Waals surface area contributed by atoms with E-state index in [4.69, 9.17) is 5.11 Å². The maximum absolute atomic E-state index is 12.2. The van der Waals surface area contributed by atoms with Gasteiger partial charge in [0.25, 0.3) is 5.91 Å². The van der Waals surface area contributed by atoms with Gasteiger partial charge in [-0.15, -0.1) is 0 Å². The Morgan fingerprint density at radius 3 is 2.45 bits per heavy atom. The van der Waals surface area contributed by atoms with E-state index in [-0.39, 0.29) is 29.6 Å². The number of piperidine rings is 1. The fourth-order valence-electron chi connectivity index (χ4n) is 2.46. The highest BCUT2D eigenvalue weighted by Gasteiger charge is 2.26. The number of likely N-dealkylation sites (tertiary alicyclic amines) is 1. The first kappa shape index (κ1) is 14.2. The third-order valence-corrected chi connectivity index (χ3v) is 3.61. The Balaban J connectivity index is 2.02. The summed E-state index contributed by atoms with van der Waals surface area (Å²) in [4.78, 5) is 24.5. The van der Waals surface area contributed by atoms with Gasteiger partial charge in [0, 0.05) is 19.5 Å². The lowest BCUT2D eigenvalue weighted by Crippen LogP contribution is -2.38. The van der Waals surface area contributed by atoms with Gasteiger partial charge in [-0.25, -0.2) is 0 Å². The van der Waals surface area contributed by atoms with E-state index >= 15 is 0 Å². The number of aromatic hydroxyl groups is 2. The van der Waals surface area contributed by atoms with Crippen molar-refractivity contribution in [2.45, 2.75) is 19.3 Å². The SMILES string of the molecule is O=C(O)CC1CCN(C(=O)c2cccc(O)c2O)CC1. The number of carbonyl (C=O) groups excluding carboxylic acids is 1. The Bertz CT molecular complexity index is 520. The molecule has 1 aliphatic rings. The lowest BCUT2D eigenvalue weighted by Gasteiger charge is -2.31. The molecular weight excluding hydrogens is 262 g/mol. The Morgan fingerprint density at radius 1 is 1.20 bits per heavy atom. The van der Waals surface area contributed by atoms with Crippen molar-refractivity contribution in [2.24, 2.45) is 5.92 Å². The minimum absolute atomic E-state index is 0.0710. The van der Waals surface area contributed by atoms with Crippen molar-refractivity contribution in [2.75, 3.05) is 13.1 Å². The predicted molar refractivity (Wildman–Crippen MR) is 70.7 cm³/mol. The van der Waals surface area contributed by atoms with E-state index in [1.807, 2.05) is 0 Å². The lowest BCUT2D eigenvalue weighted by atomic mass is 9.93. The quantitative estimate of drug-likeness (QED) is 0.727. The molecule has 6 heteroatoms. The van der Waals surface area contributed by atoms with Crippen molar-refractivity contribution in [3.63, 3.8) is 0 Å². The summed E-state index contributed by atoms with van der Waals surface area (Å²) in [5.74, 6) is -1.80. The standard InChI is InChI=1S/C14H17NO5/c16-11-3-1-2-10(13(11)19)14(20)15-6-4-9(5-7-15)8-12(17)18/h1-3,9,16,19H,4-8H2,(H,17,18). The second kappa shape index (κ2) is 5.81. The minimum Gasteiger partial charge on any atom is -0.504 e. The van der Waals surface area contributed by atoms with Crippen molar-refractivity contribution >= 4 is 11.9 Å². The Morgan fingerprint density at radius 2 is 1.85 bits per heavy atom. The third-order valence-electron chi connectivity index (χ3n) is 3.61. The van der Waals surface area contributed by atoms with Crippen molar-refractivity contribution in [3.05, 3.63) is 23.8 Å². The molecule has 0 saturated carbocycles. The molecule has 1 aromatic rings. The van der Waals surface area contributed by atoms with E-state index in [1.54, 1.807) is 4.90 Å². The molecule has 0 spiro atoms. The van der Waals surface area contributed by atoms with Gasteiger partial charge in [-0.2, -0.15) is 0 Å². The monoisotopic (exact) mass is 279 g/mol. The van der Waals surface area contributed by atoms with Gasteiger partial charge < -0.3 is 20.2 Å².